The Kier molecular flexibility index (Phi) is 5.74. The monoisotopic (exact) mass is 441 g/mol. The van der Waals surface area contributed by atoms with E-state index in [1.165, 1.54) is 24.5 Å². The Morgan fingerprint density at radius 3 is 2.30 bits per heavy atom. The number of benzene rings is 2. The summed E-state index contributed by atoms with van der Waals surface area (Å²) in [4.78, 5) is 19.2. The second kappa shape index (κ2) is 8.45. The van der Waals surface area contributed by atoms with Crippen molar-refractivity contribution in [3.8, 4) is 0 Å². The molecule has 0 bridgehead atoms. The summed E-state index contributed by atoms with van der Waals surface area (Å²) in [5, 5.41) is 0.338. The number of rotatable bonds is 6. The number of nitrogens with zero attached hydrogens (tertiary/aromatic N) is 2. The van der Waals surface area contributed by atoms with Crippen LogP contribution in [0, 0.1) is 0 Å². The zero-order valence-electron chi connectivity index (χ0n) is 16.1. The predicted molar refractivity (Wildman–Crippen MR) is 118 cm³/mol. The van der Waals surface area contributed by atoms with Gasteiger partial charge < -0.3 is 4.90 Å². The molecule has 30 heavy (non-hydrogen) atoms. The lowest BCUT2D eigenvalue weighted by Crippen LogP contribution is -2.18. The molecule has 0 amide bonds. The van der Waals surface area contributed by atoms with E-state index in [4.69, 9.17) is 11.6 Å². The molecule has 0 atom stereocenters. The molecule has 0 aliphatic carbocycles. The highest BCUT2D eigenvalue weighted by molar-refractivity contribution is 7.92. The minimum Gasteiger partial charge on any atom is -0.372 e. The van der Waals surface area contributed by atoms with Gasteiger partial charge in [-0.15, -0.1) is 0 Å². The molecule has 0 spiro atoms. The number of pyridine rings is 1. The van der Waals surface area contributed by atoms with E-state index in [0.29, 0.717) is 10.6 Å². The minimum absolute atomic E-state index is 0.128. The van der Waals surface area contributed by atoms with Crippen LogP contribution in [-0.4, -0.2) is 32.3 Å². The lowest BCUT2D eigenvalue weighted by Gasteiger charge is -2.18. The fourth-order valence-corrected chi connectivity index (χ4v) is 4.72. The quantitative estimate of drug-likeness (QED) is 0.574. The summed E-state index contributed by atoms with van der Waals surface area (Å²) in [6.07, 6.45) is 5.30. The van der Waals surface area contributed by atoms with Crippen LogP contribution in [0.1, 0.15) is 28.8 Å². The second-order valence-corrected chi connectivity index (χ2v) is 9.17. The molecular weight excluding hydrogens is 422 g/mol. The first-order chi connectivity index (χ1) is 14.4. The highest BCUT2D eigenvalue weighted by Crippen LogP contribution is 2.27. The number of carbonyl (C=O) groups excluding carboxylic acids is 1. The largest absolute Gasteiger partial charge is 0.372 e. The molecule has 4 rings (SSSR count). The Morgan fingerprint density at radius 1 is 0.967 bits per heavy atom. The molecule has 154 valence electrons. The Morgan fingerprint density at radius 2 is 1.63 bits per heavy atom. The highest BCUT2D eigenvalue weighted by atomic mass is 35.5. The van der Waals surface area contributed by atoms with Gasteiger partial charge in [0, 0.05) is 47.3 Å². The van der Waals surface area contributed by atoms with Gasteiger partial charge in [0.1, 0.15) is 0 Å². The second-order valence-electron chi connectivity index (χ2n) is 7.05. The van der Waals surface area contributed by atoms with Gasteiger partial charge in [0.15, 0.2) is 5.78 Å². The number of hydrogen-bond donors (Lipinski definition) is 1. The third-order valence-electron chi connectivity index (χ3n) is 5.03. The maximum atomic E-state index is 13.0. The molecule has 6 nitrogen and oxygen atoms in total. The number of hydrogen-bond acceptors (Lipinski definition) is 5. The number of sulfonamides is 1. The SMILES string of the molecule is O=C(c1ccncc1)c1cc(Cl)ccc1NS(=O)(=O)c1ccc(N2CCCC2)cc1. The van der Waals surface area contributed by atoms with E-state index in [0.717, 1.165) is 31.6 Å². The fourth-order valence-electron chi connectivity index (χ4n) is 3.47. The summed E-state index contributed by atoms with van der Waals surface area (Å²) >= 11 is 6.07. The summed E-state index contributed by atoms with van der Waals surface area (Å²) in [6, 6.07) is 14.4. The number of carbonyl (C=O) groups is 1. The molecule has 0 saturated carbocycles. The maximum absolute atomic E-state index is 13.0. The van der Waals surface area contributed by atoms with Gasteiger partial charge in [0.2, 0.25) is 0 Å². The van der Waals surface area contributed by atoms with Crippen LogP contribution >= 0.6 is 11.6 Å². The Labute approximate surface area is 180 Å². The topological polar surface area (TPSA) is 79.4 Å². The van der Waals surface area contributed by atoms with E-state index in [1.54, 1.807) is 30.3 Å². The number of anilines is 2. The Balaban J connectivity index is 1.62. The molecule has 1 aliphatic heterocycles. The highest BCUT2D eigenvalue weighted by Gasteiger charge is 2.21. The van der Waals surface area contributed by atoms with Crippen LogP contribution in [0.15, 0.2) is 71.9 Å². The first kappa shape index (κ1) is 20.4. The van der Waals surface area contributed by atoms with Crippen molar-refractivity contribution in [3.05, 3.63) is 83.1 Å². The summed E-state index contributed by atoms with van der Waals surface area (Å²) in [7, 11) is -3.88. The minimum atomic E-state index is -3.88. The van der Waals surface area contributed by atoms with E-state index in [1.807, 2.05) is 12.1 Å². The van der Waals surface area contributed by atoms with E-state index >= 15 is 0 Å². The van der Waals surface area contributed by atoms with E-state index in [9.17, 15) is 13.2 Å². The first-order valence-electron chi connectivity index (χ1n) is 9.56. The van der Waals surface area contributed by atoms with E-state index < -0.39 is 10.0 Å². The van der Waals surface area contributed by atoms with Gasteiger partial charge >= 0.3 is 0 Å². The van der Waals surface area contributed by atoms with Crippen molar-refractivity contribution in [2.24, 2.45) is 0 Å². The number of ketones is 1. The molecule has 1 aliphatic rings. The van der Waals surface area contributed by atoms with Crippen molar-refractivity contribution < 1.29 is 13.2 Å². The van der Waals surface area contributed by atoms with Gasteiger partial charge in [-0.25, -0.2) is 8.42 Å². The van der Waals surface area contributed by atoms with Gasteiger partial charge in [-0.1, -0.05) is 11.6 Å². The van der Waals surface area contributed by atoms with Crippen LogP contribution in [-0.2, 0) is 10.0 Å². The van der Waals surface area contributed by atoms with Crippen LogP contribution in [0.2, 0.25) is 5.02 Å². The van der Waals surface area contributed by atoms with Crippen molar-refractivity contribution in [1.82, 2.24) is 4.98 Å². The zero-order valence-corrected chi connectivity index (χ0v) is 17.7. The average molecular weight is 442 g/mol. The summed E-state index contributed by atoms with van der Waals surface area (Å²) in [5.74, 6) is -0.345. The van der Waals surface area contributed by atoms with Crippen molar-refractivity contribution in [1.29, 1.82) is 0 Å². The molecule has 0 radical (unpaired) electrons. The van der Waals surface area contributed by atoms with Gasteiger partial charge in [-0.05, 0) is 67.4 Å². The van der Waals surface area contributed by atoms with Crippen LogP contribution in [0.5, 0.6) is 0 Å². The predicted octanol–water partition coefficient (Wildman–Crippen LogP) is 4.37. The lowest BCUT2D eigenvalue weighted by atomic mass is 10.0. The molecule has 8 heteroatoms. The Bertz CT molecular complexity index is 1160. The van der Waals surface area contributed by atoms with E-state index in [2.05, 4.69) is 14.6 Å². The van der Waals surface area contributed by atoms with Gasteiger partial charge in [0.25, 0.3) is 10.0 Å². The van der Waals surface area contributed by atoms with Crippen molar-refractivity contribution >= 4 is 38.8 Å². The Hall–Kier alpha value is -2.90. The molecule has 2 heterocycles. The maximum Gasteiger partial charge on any atom is 0.261 e. The zero-order chi connectivity index (χ0) is 21.1. The van der Waals surface area contributed by atoms with Crippen molar-refractivity contribution in [2.75, 3.05) is 22.7 Å². The summed E-state index contributed by atoms with van der Waals surface area (Å²) < 4.78 is 28.4. The number of nitrogens with one attached hydrogen (secondary N) is 1. The summed E-state index contributed by atoms with van der Waals surface area (Å²) in [5.41, 5.74) is 1.74. The molecule has 3 aromatic rings. The normalized spacial score (nSPS) is 14.0. The lowest BCUT2D eigenvalue weighted by molar-refractivity contribution is 0.103. The van der Waals surface area contributed by atoms with Crippen LogP contribution < -0.4 is 9.62 Å². The van der Waals surface area contributed by atoms with Crippen molar-refractivity contribution in [3.63, 3.8) is 0 Å². The average Bonchev–Trinajstić information content (AvgIpc) is 3.30. The summed E-state index contributed by atoms with van der Waals surface area (Å²) in [6.45, 7) is 1.96. The molecule has 1 fully saturated rings. The van der Waals surface area contributed by atoms with Gasteiger partial charge in [-0.2, -0.15) is 0 Å². The third kappa shape index (κ3) is 4.32. The number of aromatic nitrogens is 1. The molecule has 1 saturated heterocycles. The van der Waals surface area contributed by atoms with Crippen LogP contribution in [0.25, 0.3) is 0 Å². The molecular formula is C22H20ClN3O3S. The smallest absolute Gasteiger partial charge is 0.261 e. The van der Waals surface area contributed by atoms with E-state index in [-0.39, 0.29) is 21.9 Å². The van der Waals surface area contributed by atoms with Crippen LogP contribution in [0.4, 0.5) is 11.4 Å². The molecule has 2 aromatic carbocycles. The number of halogens is 1. The standard InChI is InChI=1S/C22H20ClN3O3S/c23-17-3-8-21(20(15-17)22(27)16-9-11-24-12-10-16)25-30(28,29)19-6-4-18(5-7-19)26-13-1-2-14-26/h3-12,15,25H,1-2,13-14H2. The third-order valence-corrected chi connectivity index (χ3v) is 6.65. The van der Waals surface area contributed by atoms with Gasteiger partial charge in [-0.3, -0.25) is 14.5 Å². The van der Waals surface area contributed by atoms with Crippen molar-refractivity contribution in [2.45, 2.75) is 17.7 Å². The first-order valence-corrected chi connectivity index (χ1v) is 11.4. The molecule has 1 aromatic heterocycles. The molecule has 1 N–H and O–H groups in total. The fraction of sp³-hybridized carbons (Fsp3) is 0.182. The van der Waals surface area contributed by atoms with Crippen LogP contribution in [0.3, 0.4) is 0 Å². The molecule has 0 unspecified atom stereocenters. The van der Waals surface area contributed by atoms with Gasteiger partial charge in [0.05, 0.1) is 10.6 Å².